The average molecular weight is 233 g/mol. The van der Waals surface area contributed by atoms with Gasteiger partial charge in [0.2, 0.25) is 0 Å². The molecule has 0 radical (unpaired) electrons. The largest absolute Gasteiger partial charge is 0.497 e. The molecule has 0 heterocycles. The maximum absolute atomic E-state index is 6.61. The van der Waals surface area contributed by atoms with Crippen LogP contribution in [-0.2, 0) is 5.54 Å². The van der Waals surface area contributed by atoms with Crippen LogP contribution < -0.4 is 10.5 Å². The normalized spacial score (nSPS) is 29.0. The molecule has 2 rings (SSSR count). The van der Waals surface area contributed by atoms with Crippen molar-refractivity contribution in [3.63, 3.8) is 0 Å². The second-order valence-corrected chi connectivity index (χ2v) is 5.26. The van der Waals surface area contributed by atoms with Crippen molar-refractivity contribution in [2.45, 2.75) is 44.6 Å². The molecule has 2 unspecified atom stereocenters. The maximum Gasteiger partial charge on any atom is 0.119 e. The lowest BCUT2D eigenvalue weighted by molar-refractivity contribution is 0.221. The fourth-order valence-corrected chi connectivity index (χ4v) is 2.97. The van der Waals surface area contributed by atoms with Crippen LogP contribution in [0.4, 0.5) is 0 Å². The van der Waals surface area contributed by atoms with Crippen LogP contribution >= 0.6 is 0 Å². The lowest BCUT2D eigenvalue weighted by Gasteiger charge is -2.38. The molecule has 2 heteroatoms. The fraction of sp³-hybridized carbons (Fsp3) is 0.600. The first-order valence-corrected chi connectivity index (χ1v) is 6.61. The molecule has 1 aliphatic rings. The first-order chi connectivity index (χ1) is 8.18. The van der Waals surface area contributed by atoms with Gasteiger partial charge in [-0.05, 0) is 36.5 Å². The van der Waals surface area contributed by atoms with E-state index < -0.39 is 0 Å². The summed E-state index contributed by atoms with van der Waals surface area (Å²) in [5.74, 6) is 1.69. The highest BCUT2D eigenvalue weighted by atomic mass is 16.5. The molecular formula is C15H23NO. The predicted octanol–water partition coefficient (Wildman–Crippen LogP) is 3.45. The Morgan fingerprint density at radius 2 is 2.29 bits per heavy atom. The third-order valence-electron chi connectivity index (χ3n) is 4.11. The van der Waals surface area contributed by atoms with Gasteiger partial charge in [-0.15, -0.1) is 0 Å². The summed E-state index contributed by atoms with van der Waals surface area (Å²) in [6, 6.07) is 8.25. The van der Waals surface area contributed by atoms with E-state index in [-0.39, 0.29) is 5.54 Å². The minimum Gasteiger partial charge on any atom is -0.497 e. The summed E-state index contributed by atoms with van der Waals surface area (Å²) in [6.45, 7) is 2.27. The van der Waals surface area contributed by atoms with Crippen molar-refractivity contribution < 1.29 is 4.74 Å². The third-order valence-corrected chi connectivity index (χ3v) is 4.11. The third kappa shape index (κ3) is 2.63. The molecule has 0 saturated heterocycles. The van der Waals surface area contributed by atoms with Gasteiger partial charge in [-0.25, -0.2) is 0 Å². The Morgan fingerprint density at radius 3 is 3.00 bits per heavy atom. The molecule has 0 amide bonds. The molecule has 1 aromatic carbocycles. The van der Waals surface area contributed by atoms with E-state index in [1.54, 1.807) is 7.11 Å². The van der Waals surface area contributed by atoms with Crippen LogP contribution in [0.2, 0.25) is 0 Å². The lowest BCUT2D eigenvalue weighted by atomic mass is 9.72. The molecule has 2 nitrogen and oxygen atoms in total. The van der Waals surface area contributed by atoms with Gasteiger partial charge in [0, 0.05) is 5.54 Å². The highest BCUT2D eigenvalue weighted by molar-refractivity contribution is 5.33. The van der Waals surface area contributed by atoms with E-state index in [1.165, 1.54) is 24.8 Å². The minimum atomic E-state index is -0.145. The monoisotopic (exact) mass is 233 g/mol. The highest BCUT2D eigenvalue weighted by Crippen LogP contribution is 2.39. The van der Waals surface area contributed by atoms with Crippen LogP contribution in [0.3, 0.4) is 0 Å². The summed E-state index contributed by atoms with van der Waals surface area (Å²) in [5, 5.41) is 0. The molecule has 0 spiro atoms. The van der Waals surface area contributed by atoms with Crippen molar-refractivity contribution in [1.29, 1.82) is 0 Å². The van der Waals surface area contributed by atoms with Crippen molar-refractivity contribution in [1.82, 2.24) is 0 Å². The first kappa shape index (κ1) is 12.4. The Bertz CT molecular complexity index is 377. The summed E-state index contributed by atoms with van der Waals surface area (Å²) < 4.78 is 5.29. The van der Waals surface area contributed by atoms with Gasteiger partial charge in [-0.2, -0.15) is 0 Å². The van der Waals surface area contributed by atoms with Crippen molar-refractivity contribution >= 4 is 0 Å². The highest BCUT2D eigenvalue weighted by Gasteiger charge is 2.33. The number of hydrogen-bond donors (Lipinski definition) is 1. The number of ether oxygens (including phenoxy) is 1. The van der Waals surface area contributed by atoms with Crippen molar-refractivity contribution in [3.8, 4) is 5.75 Å². The molecule has 1 fully saturated rings. The minimum absolute atomic E-state index is 0.145. The van der Waals surface area contributed by atoms with Gasteiger partial charge in [-0.1, -0.05) is 38.3 Å². The second-order valence-electron chi connectivity index (χ2n) is 5.26. The van der Waals surface area contributed by atoms with Crippen molar-refractivity contribution in [2.24, 2.45) is 11.7 Å². The zero-order valence-corrected chi connectivity index (χ0v) is 10.9. The molecule has 2 N–H and O–H groups in total. The molecule has 1 saturated carbocycles. The zero-order valence-electron chi connectivity index (χ0n) is 10.9. The van der Waals surface area contributed by atoms with E-state index in [0.717, 1.165) is 24.5 Å². The topological polar surface area (TPSA) is 35.2 Å². The standard InChI is InChI=1S/C15H23NO/c1-3-12-6-5-9-15(16,11-12)13-7-4-8-14(10-13)17-2/h4,7-8,10,12H,3,5-6,9,11,16H2,1-2H3. The quantitative estimate of drug-likeness (QED) is 0.868. The predicted molar refractivity (Wildman–Crippen MR) is 71.1 cm³/mol. The van der Waals surface area contributed by atoms with E-state index in [4.69, 9.17) is 10.5 Å². The van der Waals surface area contributed by atoms with Gasteiger partial charge < -0.3 is 10.5 Å². The molecule has 17 heavy (non-hydrogen) atoms. The number of methoxy groups -OCH3 is 1. The summed E-state index contributed by atoms with van der Waals surface area (Å²) in [5.41, 5.74) is 7.70. The van der Waals surface area contributed by atoms with Crippen LogP contribution in [0.25, 0.3) is 0 Å². The van der Waals surface area contributed by atoms with Crippen LogP contribution in [-0.4, -0.2) is 7.11 Å². The van der Waals surface area contributed by atoms with E-state index in [2.05, 4.69) is 19.1 Å². The smallest absolute Gasteiger partial charge is 0.119 e. The van der Waals surface area contributed by atoms with Crippen LogP contribution in [0, 0.1) is 5.92 Å². The van der Waals surface area contributed by atoms with E-state index >= 15 is 0 Å². The molecule has 2 atom stereocenters. The van der Waals surface area contributed by atoms with Gasteiger partial charge in [0.1, 0.15) is 5.75 Å². The van der Waals surface area contributed by atoms with E-state index in [9.17, 15) is 0 Å². The molecule has 0 bridgehead atoms. The summed E-state index contributed by atoms with van der Waals surface area (Å²) in [7, 11) is 1.71. The zero-order chi connectivity index (χ0) is 12.3. The number of nitrogens with two attached hydrogens (primary N) is 1. The number of hydrogen-bond acceptors (Lipinski definition) is 2. The van der Waals surface area contributed by atoms with Crippen LogP contribution in [0.1, 0.15) is 44.6 Å². The molecular weight excluding hydrogens is 210 g/mol. The Hall–Kier alpha value is -1.02. The van der Waals surface area contributed by atoms with E-state index in [0.29, 0.717) is 0 Å². The number of rotatable bonds is 3. The molecule has 0 aromatic heterocycles. The van der Waals surface area contributed by atoms with Gasteiger partial charge in [0.05, 0.1) is 7.11 Å². The Balaban J connectivity index is 2.23. The van der Waals surface area contributed by atoms with Gasteiger partial charge in [0.25, 0.3) is 0 Å². The Labute approximate surface area is 104 Å². The first-order valence-electron chi connectivity index (χ1n) is 6.61. The molecule has 1 aliphatic carbocycles. The second kappa shape index (κ2) is 5.09. The molecule has 1 aromatic rings. The number of benzene rings is 1. The summed E-state index contributed by atoms with van der Waals surface area (Å²) >= 11 is 0. The van der Waals surface area contributed by atoms with Crippen LogP contribution in [0.15, 0.2) is 24.3 Å². The Kier molecular flexibility index (Phi) is 3.72. The van der Waals surface area contributed by atoms with Crippen molar-refractivity contribution in [2.75, 3.05) is 7.11 Å². The summed E-state index contributed by atoms with van der Waals surface area (Å²) in [6.07, 6.45) is 6.02. The van der Waals surface area contributed by atoms with Gasteiger partial charge >= 0.3 is 0 Å². The lowest BCUT2D eigenvalue weighted by Crippen LogP contribution is -2.41. The van der Waals surface area contributed by atoms with Crippen LogP contribution in [0.5, 0.6) is 5.75 Å². The van der Waals surface area contributed by atoms with Gasteiger partial charge in [0.15, 0.2) is 0 Å². The van der Waals surface area contributed by atoms with E-state index in [1.807, 2.05) is 12.1 Å². The fourth-order valence-electron chi connectivity index (χ4n) is 2.97. The Morgan fingerprint density at radius 1 is 1.47 bits per heavy atom. The SMILES string of the molecule is CCC1CCCC(N)(c2cccc(OC)c2)C1. The average Bonchev–Trinajstić information content (AvgIpc) is 2.39. The molecule has 0 aliphatic heterocycles. The van der Waals surface area contributed by atoms with Gasteiger partial charge in [-0.3, -0.25) is 0 Å². The van der Waals surface area contributed by atoms with Crippen molar-refractivity contribution in [3.05, 3.63) is 29.8 Å². The molecule has 94 valence electrons. The maximum atomic E-state index is 6.61. The summed E-state index contributed by atoms with van der Waals surface area (Å²) in [4.78, 5) is 0.